The molecule has 0 bridgehead atoms. The first-order valence-electron chi connectivity index (χ1n) is 7.62. The van der Waals surface area contributed by atoms with Crippen LogP contribution in [0, 0.1) is 0 Å². The predicted molar refractivity (Wildman–Crippen MR) is 88.4 cm³/mol. The van der Waals surface area contributed by atoms with Gasteiger partial charge in [0.15, 0.2) is 0 Å². The standard InChI is InChI=1S/C19H28O/c1-5-20-19-14-8-13-18(15-19)12-7-11-17(4)10-6-9-16(2)3/h8-9,11,13-15H,5-7,10,12H2,1-4H3. The molecule has 0 aliphatic carbocycles. The molecule has 0 radical (unpaired) electrons. The van der Waals surface area contributed by atoms with Crippen molar-refractivity contribution in [2.24, 2.45) is 0 Å². The highest BCUT2D eigenvalue weighted by molar-refractivity contribution is 5.28. The summed E-state index contributed by atoms with van der Waals surface area (Å²) in [6, 6.07) is 8.42. The molecule has 0 aliphatic rings. The number of allylic oxidation sites excluding steroid dienone is 4. The van der Waals surface area contributed by atoms with Gasteiger partial charge >= 0.3 is 0 Å². The zero-order chi connectivity index (χ0) is 14.8. The highest BCUT2D eigenvalue weighted by Gasteiger charge is 1.96. The molecular formula is C19H28O. The summed E-state index contributed by atoms with van der Waals surface area (Å²) in [6.45, 7) is 9.29. The molecule has 0 saturated heterocycles. The maximum atomic E-state index is 5.53. The second-order valence-corrected chi connectivity index (χ2v) is 5.49. The van der Waals surface area contributed by atoms with E-state index >= 15 is 0 Å². The fourth-order valence-electron chi connectivity index (χ4n) is 2.13. The van der Waals surface area contributed by atoms with Crippen LogP contribution in [0.2, 0.25) is 0 Å². The van der Waals surface area contributed by atoms with E-state index in [9.17, 15) is 0 Å². The summed E-state index contributed by atoms with van der Waals surface area (Å²) >= 11 is 0. The van der Waals surface area contributed by atoms with Crippen molar-refractivity contribution in [3.8, 4) is 5.75 Å². The van der Waals surface area contributed by atoms with Crippen molar-refractivity contribution in [1.82, 2.24) is 0 Å². The molecule has 0 spiro atoms. The third-order valence-corrected chi connectivity index (χ3v) is 3.23. The van der Waals surface area contributed by atoms with Gasteiger partial charge in [0.2, 0.25) is 0 Å². The number of hydrogen-bond acceptors (Lipinski definition) is 1. The Balaban J connectivity index is 2.39. The number of aryl methyl sites for hydroxylation is 1. The topological polar surface area (TPSA) is 9.23 Å². The zero-order valence-corrected chi connectivity index (χ0v) is 13.4. The van der Waals surface area contributed by atoms with Crippen LogP contribution in [-0.2, 0) is 6.42 Å². The Labute approximate surface area is 124 Å². The first-order chi connectivity index (χ1) is 9.61. The summed E-state index contributed by atoms with van der Waals surface area (Å²) in [5.41, 5.74) is 4.25. The van der Waals surface area contributed by atoms with Crippen molar-refractivity contribution in [2.45, 2.75) is 53.4 Å². The van der Waals surface area contributed by atoms with Crippen molar-refractivity contribution in [1.29, 1.82) is 0 Å². The molecule has 0 heterocycles. The zero-order valence-electron chi connectivity index (χ0n) is 13.4. The van der Waals surface area contributed by atoms with E-state index in [0.717, 1.165) is 31.6 Å². The number of rotatable bonds is 8. The minimum atomic E-state index is 0.729. The first kappa shape index (κ1) is 16.6. The van der Waals surface area contributed by atoms with Crippen LogP contribution in [0.15, 0.2) is 47.6 Å². The molecule has 20 heavy (non-hydrogen) atoms. The summed E-state index contributed by atoms with van der Waals surface area (Å²) in [7, 11) is 0. The van der Waals surface area contributed by atoms with Crippen LogP contribution in [0.4, 0.5) is 0 Å². The molecule has 0 unspecified atom stereocenters. The highest BCUT2D eigenvalue weighted by Crippen LogP contribution is 2.15. The lowest BCUT2D eigenvalue weighted by Gasteiger charge is -2.05. The van der Waals surface area contributed by atoms with Crippen LogP contribution in [0.3, 0.4) is 0 Å². The van der Waals surface area contributed by atoms with Crippen molar-refractivity contribution >= 4 is 0 Å². The Morgan fingerprint density at radius 2 is 1.90 bits per heavy atom. The Morgan fingerprint density at radius 1 is 1.10 bits per heavy atom. The minimum absolute atomic E-state index is 0.729. The van der Waals surface area contributed by atoms with Crippen molar-refractivity contribution in [2.75, 3.05) is 6.61 Å². The quantitative estimate of drug-likeness (QED) is 0.551. The lowest BCUT2D eigenvalue weighted by Crippen LogP contribution is -1.92. The van der Waals surface area contributed by atoms with Gasteiger partial charge in [-0.05, 0) is 71.1 Å². The average molecular weight is 272 g/mol. The van der Waals surface area contributed by atoms with Gasteiger partial charge < -0.3 is 4.74 Å². The van der Waals surface area contributed by atoms with Crippen LogP contribution >= 0.6 is 0 Å². The predicted octanol–water partition coefficient (Wildman–Crippen LogP) is 5.71. The summed E-state index contributed by atoms with van der Waals surface area (Å²) in [6.07, 6.45) is 9.20. The molecule has 1 heteroatoms. The van der Waals surface area contributed by atoms with Crippen LogP contribution in [0.1, 0.15) is 52.5 Å². The molecule has 0 aliphatic heterocycles. The van der Waals surface area contributed by atoms with Gasteiger partial charge in [0.25, 0.3) is 0 Å². The SMILES string of the molecule is CCOc1cccc(CCC=C(C)CCC=C(C)C)c1. The number of benzene rings is 1. The number of hydrogen-bond donors (Lipinski definition) is 0. The van der Waals surface area contributed by atoms with Gasteiger partial charge in [-0.3, -0.25) is 0 Å². The maximum absolute atomic E-state index is 5.53. The fraction of sp³-hybridized carbons (Fsp3) is 0.474. The molecule has 0 N–H and O–H groups in total. The Morgan fingerprint density at radius 3 is 2.60 bits per heavy atom. The van der Waals surface area contributed by atoms with Crippen LogP contribution < -0.4 is 4.74 Å². The summed E-state index contributed by atoms with van der Waals surface area (Å²) in [5, 5.41) is 0. The highest BCUT2D eigenvalue weighted by atomic mass is 16.5. The Bertz CT molecular complexity index is 451. The molecular weight excluding hydrogens is 244 g/mol. The van der Waals surface area contributed by atoms with E-state index in [2.05, 4.69) is 51.1 Å². The molecule has 0 amide bonds. The van der Waals surface area contributed by atoms with Crippen LogP contribution in [0.5, 0.6) is 5.75 Å². The fourth-order valence-corrected chi connectivity index (χ4v) is 2.13. The van der Waals surface area contributed by atoms with E-state index in [1.165, 1.54) is 23.1 Å². The molecule has 1 aromatic carbocycles. The van der Waals surface area contributed by atoms with Crippen LogP contribution in [-0.4, -0.2) is 6.61 Å². The largest absolute Gasteiger partial charge is 0.494 e. The Hall–Kier alpha value is -1.50. The normalized spacial score (nSPS) is 11.3. The molecule has 1 nitrogen and oxygen atoms in total. The lowest BCUT2D eigenvalue weighted by molar-refractivity contribution is 0.340. The second kappa shape index (κ2) is 9.41. The molecule has 0 atom stereocenters. The number of ether oxygens (including phenoxy) is 1. The molecule has 110 valence electrons. The van der Waals surface area contributed by atoms with E-state index in [4.69, 9.17) is 4.74 Å². The van der Waals surface area contributed by atoms with E-state index < -0.39 is 0 Å². The molecule has 0 saturated carbocycles. The Kier molecular flexibility index (Phi) is 7.79. The molecule has 0 aromatic heterocycles. The second-order valence-electron chi connectivity index (χ2n) is 5.49. The smallest absolute Gasteiger partial charge is 0.119 e. The third kappa shape index (κ3) is 7.18. The monoisotopic (exact) mass is 272 g/mol. The van der Waals surface area contributed by atoms with Crippen molar-refractivity contribution < 1.29 is 4.74 Å². The minimum Gasteiger partial charge on any atom is -0.494 e. The lowest BCUT2D eigenvalue weighted by atomic mass is 10.1. The van der Waals surface area contributed by atoms with Gasteiger partial charge in [-0.15, -0.1) is 0 Å². The summed E-state index contributed by atoms with van der Waals surface area (Å²) < 4.78 is 5.53. The first-order valence-corrected chi connectivity index (χ1v) is 7.62. The average Bonchev–Trinajstić information content (AvgIpc) is 2.39. The van der Waals surface area contributed by atoms with Gasteiger partial charge in [-0.2, -0.15) is 0 Å². The molecule has 0 fully saturated rings. The maximum Gasteiger partial charge on any atom is 0.119 e. The van der Waals surface area contributed by atoms with Crippen molar-refractivity contribution in [3.63, 3.8) is 0 Å². The van der Waals surface area contributed by atoms with Gasteiger partial charge in [-0.1, -0.05) is 35.4 Å². The third-order valence-electron chi connectivity index (χ3n) is 3.23. The molecule has 1 rings (SSSR count). The summed E-state index contributed by atoms with van der Waals surface area (Å²) in [5.74, 6) is 0.981. The van der Waals surface area contributed by atoms with Gasteiger partial charge in [0.1, 0.15) is 5.75 Å². The van der Waals surface area contributed by atoms with E-state index in [-0.39, 0.29) is 0 Å². The van der Waals surface area contributed by atoms with E-state index in [1.807, 2.05) is 13.0 Å². The van der Waals surface area contributed by atoms with Gasteiger partial charge in [0.05, 0.1) is 6.61 Å². The van der Waals surface area contributed by atoms with Gasteiger partial charge in [0, 0.05) is 0 Å². The van der Waals surface area contributed by atoms with Crippen LogP contribution in [0.25, 0.3) is 0 Å². The summed E-state index contributed by atoms with van der Waals surface area (Å²) in [4.78, 5) is 0. The van der Waals surface area contributed by atoms with Gasteiger partial charge in [-0.25, -0.2) is 0 Å². The van der Waals surface area contributed by atoms with E-state index in [0.29, 0.717) is 0 Å². The molecule has 1 aromatic rings. The van der Waals surface area contributed by atoms with Crippen molar-refractivity contribution in [3.05, 3.63) is 53.1 Å². The van der Waals surface area contributed by atoms with E-state index in [1.54, 1.807) is 0 Å².